The van der Waals surface area contributed by atoms with E-state index in [0.29, 0.717) is 24.6 Å². The van der Waals surface area contributed by atoms with Gasteiger partial charge in [-0.05, 0) is 55.5 Å². The number of rotatable bonds is 8. The minimum atomic E-state index is -1.18. The van der Waals surface area contributed by atoms with Crippen molar-refractivity contribution >= 4 is 17.5 Å². The zero-order valence-corrected chi connectivity index (χ0v) is 17.3. The van der Waals surface area contributed by atoms with Gasteiger partial charge in [0.1, 0.15) is 11.2 Å². The molecule has 0 aliphatic heterocycles. The first-order chi connectivity index (χ1) is 13.3. The van der Waals surface area contributed by atoms with E-state index >= 15 is 0 Å². The number of ether oxygens (including phenoxy) is 1. The van der Waals surface area contributed by atoms with Crippen molar-refractivity contribution in [3.05, 3.63) is 59.7 Å². The first kappa shape index (κ1) is 21.5. The third kappa shape index (κ3) is 5.35. The van der Waals surface area contributed by atoms with Crippen LogP contribution in [-0.2, 0) is 16.0 Å². The number of amides is 2. The lowest BCUT2D eigenvalue weighted by Gasteiger charge is -2.23. The van der Waals surface area contributed by atoms with Crippen LogP contribution in [0.5, 0.6) is 5.75 Å². The minimum Gasteiger partial charge on any atom is -0.496 e. The number of carbonyl (C=O) groups is 2. The van der Waals surface area contributed by atoms with E-state index in [-0.39, 0.29) is 11.8 Å². The van der Waals surface area contributed by atoms with Gasteiger partial charge in [-0.3, -0.25) is 9.59 Å². The van der Waals surface area contributed by atoms with Gasteiger partial charge in [0.25, 0.3) is 0 Å². The molecule has 0 aliphatic carbocycles. The Labute approximate surface area is 167 Å². The number of benzene rings is 2. The van der Waals surface area contributed by atoms with Crippen LogP contribution in [0.2, 0.25) is 0 Å². The summed E-state index contributed by atoms with van der Waals surface area (Å²) in [6, 6.07) is 15.4. The van der Waals surface area contributed by atoms with Gasteiger partial charge in [0.15, 0.2) is 0 Å². The summed E-state index contributed by atoms with van der Waals surface area (Å²) < 4.78 is 5.32. The predicted octanol–water partition coefficient (Wildman–Crippen LogP) is 4.14. The molecule has 5 nitrogen and oxygen atoms in total. The number of anilines is 1. The Kier molecular flexibility index (Phi) is 7.21. The van der Waals surface area contributed by atoms with Gasteiger partial charge >= 0.3 is 0 Å². The zero-order chi connectivity index (χ0) is 20.7. The van der Waals surface area contributed by atoms with Crippen molar-refractivity contribution in [3.63, 3.8) is 0 Å². The molecule has 0 atom stereocenters. The second-order valence-electron chi connectivity index (χ2n) is 7.67. The van der Waals surface area contributed by atoms with Crippen LogP contribution in [0.1, 0.15) is 44.7 Å². The topological polar surface area (TPSA) is 67.4 Å². The molecule has 0 bridgehead atoms. The second kappa shape index (κ2) is 9.40. The highest BCUT2D eigenvalue weighted by atomic mass is 16.5. The summed E-state index contributed by atoms with van der Waals surface area (Å²) in [4.78, 5) is 25.2. The molecule has 5 heteroatoms. The summed E-state index contributed by atoms with van der Waals surface area (Å²) >= 11 is 0. The summed E-state index contributed by atoms with van der Waals surface area (Å²) in [6.07, 6.45) is 0.629. The van der Waals surface area contributed by atoms with Gasteiger partial charge in [0.2, 0.25) is 11.8 Å². The third-order valence-electron chi connectivity index (χ3n) is 4.84. The summed E-state index contributed by atoms with van der Waals surface area (Å²) in [7, 11) is 1.62. The number of nitrogens with one attached hydrogen (secondary N) is 2. The molecule has 150 valence electrons. The molecule has 2 amide bonds. The summed E-state index contributed by atoms with van der Waals surface area (Å²) in [6.45, 7) is 7.92. The number of hydrogen-bond donors (Lipinski definition) is 2. The number of methoxy groups -OCH3 is 1. The van der Waals surface area contributed by atoms with E-state index in [1.807, 2.05) is 48.5 Å². The quantitative estimate of drug-likeness (QED) is 0.674. The Hall–Kier alpha value is -2.82. The molecule has 0 aliphatic rings. The molecule has 28 heavy (non-hydrogen) atoms. The van der Waals surface area contributed by atoms with Crippen molar-refractivity contribution in [2.75, 3.05) is 19.0 Å². The molecule has 0 aromatic heterocycles. The molecular weight excluding hydrogens is 352 g/mol. The summed E-state index contributed by atoms with van der Waals surface area (Å²) in [5, 5.41) is 5.69. The van der Waals surface area contributed by atoms with Crippen molar-refractivity contribution < 1.29 is 14.3 Å². The van der Waals surface area contributed by atoms with Crippen LogP contribution >= 0.6 is 0 Å². The van der Waals surface area contributed by atoms with Gasteiger partial charge in [0, 0.05) is 12.2 Å². The van der Waals surface area contributed by atoms with Crippen LogP contribution in [0.3, 0.4) is 0 Å². The van der Waals surface area contributed by atoms with E-state index in [1.165, 1.54) is 5.56 Å². The van der Waals surface area contributed by atoms with E-state index in [4.69, 9.17) is 4.74 Å². The van der Waals surface area contributed by atoms with Gasteiger partial charge < -0.3 is 15.4 Å². The van der Waals surface area contributed by atoms with E-state index < -0.39 is 5.41 Å². The van der Waals surface area contributed by atoms with Crippen molar-refractivity contribution in [3.8, 4) is 5.75 Å². The van der Waals surface area contributed by atoms with E-state index in [0.717, 1.165) is 11.3 Å². The highest BCUT2D eigenvalue weighted by Crippen LogP contribution is 2.22. The van der Waals surface area contributed by atoms with Crippen molar-refractivity contribution in [1.82, 2.24) is 5.32 Å². The average Bonchev–Trinajstić information content (AvgIpc) is 2.68. The minimum absolute atomic E-state index is 0.307. The SMILES string of the molecule is COc1ccccc1CCNC(=O)C(C)(C)C(=O)Nc1ccc(C(C)C)cc1. The van der Waals surface area contributed by atoms with Crippen molar-refractivity contribution in [2.45, 2.75) is 40.0 Å². The Bertz CT molecular complexity index is 811. The fourth-order valence-electron chi connectivity index (χ4n) is 2.78. The molecule has 2 rings (SSSR count). The molecule has 0 radical (unpaired) electrons. The Balaban J connectivity index is 1.92. The monoisotopic (exact) mass is 382 g/mol. The standard InChI is InChI=1S/C23H30N2O3/c1-16(2)17-10-12-19(13-11-17)25-22(27)23(3,4)21(26)24-15-14-18-8-6-7-9-20(18)28-5/h6-13,16H,14-15H2,1-5H3,(H,24,26)(H,25,27). The van der Waals surface area contributed by atoms with E-state index in [1.54, 1.807) is 21.0 Å². The van der Waals surface area contributed by atoms with Gasteiger partial charge in [-0.25, -0.2) is 0 Å². The molecule has 0 saturated heterocycles. The van der Waals surface area contributed by atoms with Crippen LogP contribution < -0.4 is 15.4 Å². The average molecular weight is 383 g/mol. The van der Waals surface area contributed by atoms with Gasteiger partial charge in [-0.2, -0.15) is 0 Å². The Morgan fingerprint density at radius 2 is 1.64 bits per heavy atom. The molecular formula is C23H30N2O3. The van der Waals surface area contributed by atoms with Gasteiger partial charge in [0.05, 0.1) is 7.11 Å². The fraction of sp³-hybridized carbons (Fsp3) is 0.391. The Morgan fingerprint density at radius 3 is 2.25 bits per heavy atom. The van der Waals surface area contributed by atoms with Crippen LogP contribution in [0.4, 0.5) is 5.69 Å². The first-order valence-electron chi connectivity index (χ1n) is 9.57. The largest absolute Gasteiger partial charge is 0.496 e. The molecule has 2 aromatic carbocycles. The number of carbonyl (C=O) groups excluding carboxylic acids is 2. The lowest BCUT2D eigenvalue weighted by Crippen LogP contribution is -2.45. The first-order valence-corrected chi connectivity index (χ1v) is 9.57. The number of hydrogen-bond acceptors (Lipinski definition) is 3. The normalized spacial score (nSPS) is 11.2. The Morgan fingerprint density at radius 1 is 1.00 bits per heavy atom. The maximum absolute atomic E-state index is 12.6. The van der Waals surface area contributed by atoms with E-state index in [9.17, 15) is 9.59 Å². The fourth-order valence-corrected chi connectivity index (χ4v) is 2.78. The van der Waals surface area contributed by atoms with Crippen LogP contribution in [0, 0.1) is 5.41 Å². The zero-order valence-electron chi connectivity index (χ0n) is 17.3. The van der Waals surface area contributed by atoms with Crippen LogP contribution in [-0.4, -0.2) is 25.5 Å². The number of para-hydroxylation sites is 1. The second-order valence-corrected chi connectivity index (χ2v) is 7.67. The summed E-state index contributed by atoms with van der Waals surface area (Å²) in [5.41, 5.74) is 1.71. The molecule has 2 aromatic rings. The molecule has 0 fully saturated rings. The molecule has 0 saturated carbocycles. The molecule has 0 heterocycles. The van der Waals surface area contributed by atoms with Crippen LogP contribution in [0.15, 0.2) is 48.5 Å². The van der Waals surface area contributed by atoms with Crippen molar-refractivity contribution in [1.29, 1.82) is 0 Å². The molecule has 0 unspecified atom stereocenters. The maximum Gasteiger partial charge on any atom is 0.239 e. The van der Waals surface area contributed by atoms with E-state index in [2.05, 4.69) is 24.5 Å². The summed E-state index contributed by atoms with van der Waals surface area (Å²) in [5.74, 6) is 0.576. The van der Waals surface area contributed by atoms with Gasteiger partial charge in [-0.15, -0.1) is 0 Å². The molecule has 2 N–H and O–H groups in total. The lowest BCUT2D eigenvalue weighted by atomic mass is 9.90. The van der Waals surface area contributed by atoms with Crippen molar-refractivity contribution in [2.24, 2.45) is 5.41 Å². The van der Waals surface area contributed by atoms with Gasteiger partial charge in [-0.1, -0.05) is 44.2 Å². The lowest BCUT2D eigenvalue weighted by molar-refractivity contribution is -0.138. The highest BCUT2D eigenvalue weighted by Gasteiger charge is 2.35. The third-order valence-corrected chi connectivity index (χ3v) is 4.84. The van der Waals surface area contributed by atoms with Crippen LogP contribution in [0.25, 0.3) is 0 Å². The molecule has 0 spiro atoms. The maximum atomic E-state index is 12.6. The predicted molar refractivity (Wildman–Crippen MR) is 113 cm³/mol. The highest BCUT2D eigenvalue weighted by molar-refractivity contribution is 6.09. The smallest absolute Gasteiger partial charge is 0.239 e.